The number of nitrogens with zero attached hydrogens (tertiary/aromatic N) is 3. The fourth-order valence-electron chi connectivity index (χ4n) is 3.78. The molecule has 2 aliphatic rings. The largest absolute Gasteiger partial charge is 0.480 e. The summed E-state index contributed by atoms with van der Waals surface area (Å²) in [5.41, 5.74) is 0. The molecule has 122 valence electrons. The van der Waals surface area contributed by atoms with E-state index in [1.807, 2.05) is 11.8 Å². The first-order valence-corrected chi connectivity index (χ1v) is 7.94. The summed E-state index contributed by atoms with van der Waals surface area (Å²) in [5.74, 6) is 0.703. The molecule has 3 rings (SSSR count). The van der Waals surface area contributed by atoms with Gasteiger partial charge in [0.25, 0.3) is 0 Å². The molecule has 2 heterocycles. The van der Waals surface area contributed by atoms with Gasteiger partial charge in [-0.25, -0.2) is 0 Å². The van der Waals surface area contributed by atoms with Crippen molar-refractivity contribution in [2.45, 2.75) is 63.8 Å². The first-order valence-electron chi connectivity index (χ1n) is 7.94. The monoisotopic (exact) mass is 309 g/mol. The van der Waals surface area contributed by atoms with Crippen LogP contribution in [0.2, 0.25) is 0 Å². The molecule has 4 atom stereocenters. The van der Waals surface area contributed by atoms with E-state index in [4.69, 9.17) is 9.26 Å². The smallest absolute Gasteiger partial charge is 0.320 e. The number of aromatic nitrogens is 2. The van der Waals surface area contributed by atoms with Crippen LogP contribution < -0.4 is 0 Å². The van der Waals surface area contributed by atoms with Gasteiger partial charge in [0.2, 0.25) is 5.89 Å². The number of aliphatic carboxylic acids is 1. The highest BCUT2D eigenvalue weighted by molar-refractivity contribution is 5.74. The maximum absolute atomic E-state index is 11.6. The maximum Gasteiger partial charge on any atom is 0.320 e. The van der Waals surface area contributed by atoms with E-state index >= 15 is 0 Å². The quantitative estimate of drug-likeness (QED) is 0.889. The van der Waals surface area contributed by atoms with Crippen molar-refractivity contribution >= 4 is 5.97 Å². The van der Waals surface area contributed by atoms with Crippen molar-refractivity contribution in [1.82, 2.24) is 15.0 Å². The summed E-state index contributed by atoms with van der Waals surface area (Å²) in [6.45, 7) is 2.25. The van der Waals surface area contributed by atoms with Gasteiger partial charge in [0.15, 0.2) is 5.82 Å². The van der Waals surface area contributed by atoms with Gasteiger partial charge in [-0.15, -0.1) is 0 Å². The minimum absolute atomic E-state index is 0.228. The van der Waals surface area contributed by atoms with Crippen LogP contribution >= 0.6 is 0 Å². The molecular weight excluding hydrogens is 286 g/mol. The summed E-state index contributed by atoms with van der Waals surface area (Å²) >= 11 is 0. The number of carboxylic acids is 1. The molecule has 1 N–H and O–H groups in total. The van der Waals surface area contributed by atoms with Crippen LogP contribution in [0.25, 0.3) is 0 Å². The van der Waals surface area contributed by atoms with E-state index in [0.29, 0.717) is 30.2 Å². The first-order chi connectivity index (χ1) is 10.6. The van der Waals surface area contributed by atoms with Gasteiger partial charge in [0.1, 0.15) is 12.1 Å². The Morgan fingerprint density at radius 3 is 3.00 bits per heavy atom. The third-order valence-corrected chi connectivity index (χ3v) is 5.03. The second-order valence-electron chi connectivity index (χ2n) is 6.30. The number of fused-ring (bicyclic) bond motifs is 1. The van der Waals surface area contributed by atoms with Gasteiger partial charge in [-0.05, 0) is 32.1 Å². The molecule has 22 heavy (non-hydrogen) atoms. The Morgan fingerprint density at radius 2 is 2.27 bits per heavy atom. The topological polar surface area (TPSA) is 88.7 Å². The lowest BCUT2D eigenvalue weighted by Gasteiger charge is -2.31. The Labute approximate surface area is 129 Å². The Morgan fingerprint density at radius 1 is 1.50 bits per heavy atom. The average molecular weight is 309 g/mol. The van der Waals surface area contributed by atoms with E-state index in [9.17, 15) is 9.90 Å². The summed E-state index contributed by atoms with van der Waals surface area (Å²) in [6, 6.07) is -0.117. The normalized spacial score (nSPS) is 30.2. The fraction of sp³-hybridized carbons (Fsp3) is 0.800. The number of methoxy groups -OCH3 is 1. The van der Waals surface area contributed by atoms with Crippen molar-refractivity contribution in [3.05, 3.63) is 11.7 Å². The van der Waals surface area contributed by atoms with Crippen LogP contribution in [0.4, 0.5) is 0 Å². The van der Waals surface area contributed by atoms with Gasteiger partial charge < -0.3 is 14.4 Å². The summed E-state index contributed by atoms with van der Waals surface area (Å²) in [4.78, 5) is 18.0. The van der Waals surface area contributed by atoms with E-state index in [2.05, 4.69) is 10.1 Å². The predicted octanol–water partition coefficient (Wildman–Crippen LogP) is 1.99. The van der Waals surface area contributed by atoms with E-state index in [1.54, 1.807) is 7.11 Å². The van der Waals surface area contributed by atoms with Gasteiger partial charge >= 0.3 is 5.97 Å². The average Bonchev–Trinajstić information content (AvgIpc) is 3.12. The Kier molecular flexibility index (Phi) is 4.44. The molecule has 1 saturated heterocycles. The molecule has 1 saturated carbocycles. The van der Waals surface area contributed by atoms with Gasteiger partial charge in [-0.3, -0.25) is 9.69 Å². The Bertz CT molecular complexity index is 533. The zero-order valence-electron chi connectivity index (χ0n) is 13.1. The lowest BCUT2D eigenvalue weighted by atomic mass is 9.85. The van der Waals surface area contributed by atoms with Gasteiger partial charge in [0.05, 0.1) is 6.54 Å². The van der Waals surface area contributed by atoms with Crippen LogP contribution in [0, 0.1) is 5.92 Å². The Balaban J connectivity index is 1.76. The lowest BCUT2D eigenvalue weighted by Crippen LogP contribution is -2.41. The van der Waals surface area contributed by atoms with Crippen molar-refractivity contribution in [1.29, 1.82) is 0 Å². The van der Waals surface area contributed by atoms with Crippen LogP contribution in [0.15, 0.2) is 4.52 Å². The molecule has 7 heteroatoms. The van der Waals surface area contributed by atoms with Crippen molar-refractivity contribution in [2.24, 2.45) is 5.92 Å². The highest BCUT2D eigenvalue weighted by atomic mass is 16.5. The molecule has 7 nitrogen and oxygen atoms in total. The van der Waals surface area contributed by atoms with Crippen LogP contribution in [0.3, 0.4) is 0 Å². The minimum Gasteiger partial charge on any atom is -0.480 e. The number of likely N-dealkylation sites (tertiary alicyclic amines) is 1. The molecule has 0 bridgehead atoms. The molecule has 1 aromatic rings. The van der Waals surface area contributed by atoms with Crippen molar-refractivity contribution in [2.75, 3.05) is 7.11 Å². The maximum atomic E-state index is 11.6. The molecule has 0 amide bonds. The Hall–Kier alpha value is -1.47. The van der Waals surface area contributed by atoms with Crippen molar-refractivity contribution in [3.63, 3.8) is 0 Å². The number of carboxylic acid groups (broad SMARTS) is 1. The number of carbonyl (C=O) groups is 1. The summed E-state index contributed by atoms with van der Waals surface area (Å²) in [5, 5.41) is 13.4. The van der Waals surface area contributed by atoms with Gasteiger partial charge in [-0.2, -0.15) is 4.98 Å². The molecule has 2 fully saturated rings. The van der Waals surface area contributed by atoms with Gasteiger partial charge in [-0.1, -0.05) is 18.0 Å². The molecule has 1 aliphatic carbocycles. The van der Waals surface area contributed by atoms with Gasteiger partial charge in [0, 0.05) is 13.2 Å². The highest BCUT2D eigenvalue weighted by Crippen LogP contribution is 2.40. The van der Waals surface area contributed by atoms with E-state index in [-0.39, 0.29) is 6.10 Å². The third-order valence-electron chi connectivity index (χ3n) is 5.03. The molecular formula is C15H23N3O4. The lowest BCUT2D eigenvalue weighted by molar-refractivity contribution is -0.143. The van der Waals surface area contributed by atoms with Crippen molar-refractivity contribution in [3.8, 4) is 0 Å². The number of hydrogen-bond acceptors (Lipinski definition) is 6. The van der Waals surface area contributed by atoms with E-state index < -0.39 is 12.0 Å². The minimum atomic E-state index is -0.751. The van der Waals surface area contributed by atoms with Crippen LogP contribution in [0.1, 0.15) is 56.8 Å². The zero-order chi connectivity index (χ0) is 15.7. The summed E-state index contributed by atoms with van der Waals surface area (Å²) in [6.07, 6.45) is 5.06. The molecule has 4 unspecified atom stereocenters. The van der Waals surface area contributed by atoms with Crippen LogP contribution in [-0.4, -0.2) is 45.3 Å². The first kappa shape index (κ1) is 15.4. The highest BCUT2D eigenvalue weighted by Gasteiger charge is 2.45. The molecule has 0 spiro atoms. The zero-order valence-corrected chi connectivity index (χ0v) is 13.1. The summed E-state index contributed by atoms with van der Waals surface area (Å²) < 4.78 is 10.5. The van der Waals surface area contributed by atoms with Crippen LogP contribution in [0.5, 0.6) is 0 Å². The van der Waals surface area contributed by atoms with E-state index in [1.165, 1.54) is 12.8 Å². The van der Waals surface area contributed by atoms with E-state index in [0.717, 1.165) is 19.3 Å². The SMILES string of the molecule is COC(C)c1noc(CN2C(C(=O)O)CC3CCCCC32)n1. The fourth-order valence-corrected chi connectivity index (χ4v) is 3.78. The molecule has 0 aromatic carbocycles. The second kappa shape index (κ2) is 6.34. The second-order valence-corrected chi connectivity index (χ2v) is 6.30. The standard InChI is InChI=1S/C15H23N3O4/c1-9(21-2)14-16-13(22-17-14)8-18-11-6-4-3-5-10(11)7-12(18)15(19)20/h9-12H,3-8H2,1-2H3,(H,19,20). The number of ether oxygens (including phenoxy) is 1. The summed E-state index contributed by atoms with van der Waals surface area (Å²) in [7, 11) is 1.59. The number of hydrogen-bond donors (Lipinski definition) is 1. The number of rotatable bonds is 5. The molecule has 1 aliphatic heterocycles. The molecule has 1 aromatic heterocycles. The predicted molar refractivity (Wildman–Crippen MR) is 77.1 cm³/mol. The van der Waals surface area contributed by atoms with Crippen LogP contribution in [-0.2, 0) is 16.1 Å². The van der Waals surface area contributed by atoms with Crippen molar-refractivity contribution < 1.29 is 19.2 Å². The molecule has 0 radical (unpaired) electrons. The third kappa shape index (κ3) is 2.87.